The third-order valence-electron chi connectivity index (χ3n) is 2.61. The van der Waals surface area contributed by atoms with Crippen molar-refractivity contribution < 1.29 is 27.4 Å². The second kappa shape index (κ2) is 3.92. The van der Waals surface area contributed by atoms with E-state index in [4.69, 9.17) is 9.84 Å². The predicted molar refractivity (Wildman–Crippen MR) is 48.5 cm³/mol. The van der Waals surface area contributed by atoms with Gasteiger partial charge in [0.05, 0.1) is 12.2 Å². The number of alkyl halides is 3. The molecule has 1 atom stereocenters. The molecule has 7 heteroatoms. The molecule has 1 aliphatic rings. The number of aliphatic hydroxyl groups excluding tert-OH is 1. The minimum Gasteiger partial charge on any atom is -0.396 e. The zero-order valence-corrected chi connectivity index (χ0v) is 8.59. The van der Waals surface area contributed by atoms with E-state index in [1.165, 1.54) is 0 Å². The first-order valence-electron chi connectivity index (χ1n) is 4.87. The fraction of sp³-hybridized carbons (Fsp3) is 0.500. The summed E-state index contributed by atoms with van der Waals surface area (Å²) in [4.78, 5) is 3.47. The minimum atomic E-state index is -4.62. The highest BCUT2D eigenvalue weighted by Gasteiger charge is 2.49. The Morgan fingerprint density at radius 1 is 1.47 bits per heavy atom. The summed E-state index contributed by atoms with van der Waals surface area (Å²) in [6, 6.07) is 0.392. The van der Waals surface area contributed by atoms with E-state index in [0.717, 1.165) is 0 Å². The lowest BCUT2D eigenvalue weighted by molar-refractivity contribution is -0.138. The molecule has 1 aromatic heterocycles. The number of rotatable bonds is 3. The number of hydrogen-bond donors (Lipinski definition) is 1. The molecule has 0 amide bonds. The Bertz CT molecular complexity index is 429. The number of epoxide rings is 1. The van der Waals surface area contributed by atoms with Gasteiger partial charge in [0.1, 0.15) is 17.1 Å². The van der Waals surface area contributed by atoms with E-state index in [-0.39, 0.29) is 25.3 Å². The van der Waals surface area contributed by atoms with E-state index in [2.05, 4.69) is 4.98 Å². The van der Waals surface area contributed by atoms with Gasteiger partial charge < -0.3 is 9.84 Å². The van der Waals surface area contributed by atoms with Crippen LogP contribution in [-0.4, -0.2) is 23.3 Å². The molecule has 1 unspecified atom stereocenters. The number of halogens is 4. The van der Waals surface area contributed by atoms with Crippen LogP contribution in [0.25, 0.3) is 0 Å². The molecule has 2 rings (SSSR count). The highest BCUT2D eigenvalue weighted by molar-refractivity contribution is 5.25. The van der Waals surface area contributed by atoms with Crippen molar-refractivity contribution in [2.24, 2.45) is 0 Å². The molecule has 0 spiro atoms. The van der Waals surface area contributed by atoms with E-state index < -0.39 is 23.2 Å². The Labute approximate surface area is 94.0 Å². The number of hydrogen-bond acceptors (Lipinski definition) is 3. The van der Waals surface area contributed by atoms with Crippen molar-refractivity contribution in [3.05, 3.63) is 29.3 Å². The molecular weight excluding hydrogens is 242 g/mol. The molecular formula is C10H9F4NO2. The van der Waals surface area contributed by atoms with Crippen molar-refractivity contribution in [2.45, 2.75) is 18.2 Å². The van der Waals surface area contributed by atoms with Gasteiger partial charge in [0.2, 0.25) is 0 Å². The van der Waals surface area contributed by atoms with Crippen LogP contribution in [0, 0.1) is 5.82 Å². The number of aromatic nitrogens is 1. The van der Waals surface area contributed by atoms with Gasteiger partial charge in [0.25, 0.3) is 0 Å². The summed E-state index contributed by atoms with van der Waals surface area (Å²) in [6.07, 6.45) is -3.94. The molecule has 0 aliphatic carbocycles. The summed E-state index contributed by atoms with van der Waals surface area (Å²) in [6.45, 7) is -0.0923. The van der Waals surface area contributed by atoms with E-state index in [9.17, 15) is 17.6 Å². The third kappa shape index (κ3) is 2.25. The van der Waals surface area contributed by atoms with E-state index >= 15 is 0 Å². The van der Waals surface area contributed by atoms with Crippen LogP contribution in [0.3, 0.4) is 0 Å². The maximum Gasteiger partial charge on any atom is 0.417 e. The first kappa shape index (κ1) is 12.3. The first-order valence-corrected chi connectivity index (χ1v) is 4.87. The standard InChI is InChI=1S/C10H9F4NO2/c11-7-3-6(10(12,13)14)4-15-8(7)9(1-2-16)5-17-9/h3-4,16H,1-2,5H2. The van der Waals surface area contributed by atoms with Crippen molar-refractivity contribution in [3.8, 4) is 0 Å². The number of ether oxygens (including phenoxy) is 1. The zero-order chi connectivity index (χ0) is 12.7. The highest BCUT2D eigenvalue weighted by atomic mass is 19.4. The summed E-state index contributed by atoms with van der Waals surface area (Å²) < 4.78 is 55.3. The molecule has 0 radical (unpaired) electrons. The van der Waals surface area contributed by atoms with E-state index in [0.29, 0.717) is 12.3 Å². The maximum atomic E-state index is 13.5. The Balaban J connectivity index is 2.33. The second-order valence-corrected chi connectivity index (χ2v) is 3.81. The Morgan fingerprint density at radius 2 is 2.12 bits per heavy atom. The van der Waals surface area contributed by atoms with Gasteiger partial charge in [-0.3, -0.25) is 4.98 Å². The van der Waals surface area contributed by atoms with Crippen LogP contribution in [0.2, 0.25) is 0 Å². The molecule has 1 fully saturated rings. The van der Waals surface area contributed by atoms with Gasteiger partial charge in [-0.1, -0.05) is 0 Å². The molecule has 3 nitrogen and oxygen atoms in total. The number of nitrogens with zero attached hydrogens (tertiary/aromatic N) is 1. The summed E-state index contributed by atoms with van der Waals surface area (Å²) in [7, 11) is 0. The van der Waals surface area contributed by atoms with Crippen molar-refractivity contribution in [1.82, 2.24) is 4.98 Å². The van der Waals surface area contributed by atoms with Gasteiger partial charge in [0, 0.05) is 19.2 Å². The van der Waals surface area contributed by atoms with E-state index in [1.807, 2.05) is 0 Å². The Kier molecular flexibility index (Phi) is 2.82. The highest BCUT2D eigenvalue weighted by Crippen LogP contribution is 2.42. The molecule has 94 valence electrons. The summed E-state index contributed by atoms with van der Waals surface area (Å²) >= 11 is 0. The van der Waals surface area contributed by atoms with Crippen LogP contribution in [0.5, 0.6) is 0 Å². The Hall–Kier alpha value is -1.21. The predicted octanol–water partition coefficient (Wildman–Crippen LogP) is 1.85. The lowest BCUT2D eigenvalue weighted by Gasteiger charge is -2.12. The van der Waals surface area contributed by atoms with Crippen LogP contribution in [0.1, 0.15) is 17.7 Å². The molecule has 1 saturated heterocycles. The number of pyridine rings is 1. The van der Waals surface area contributed by atoms with Crippen LogP contribution in [0.4, 0.5) is 17.6 Å². The lowest BCUT2D eigenvalue weighted by Crippen LogP contribution is -2.17. The normalized spacial score (nSPS) is 23.8. The topological polar surface area (TPSA) is 45.7 Å². The zero-order valence-electron chi connectivity index (χ0n) is 8.59. The molecule has 0 saturated carbocycles. The van der Waals surface area contributed by atoms with E-state index in [1.54, 1.807) is 0 Å². The number of aliphatic hydroxyl groups is 1. The maximum absolute atomic E-state index is 13.5. The SMILES string of the molecule is OCCC1(c2ncc(C(F)(F)F)cc2F)CO1. The molecule has 0 bridgehead atoms. The van der Waals surface area contributed by atoms with Crippen molar-refractivity contribution in [2.75, 3.05) is 13.2 Å². The van der Waals surface area contributed by atoms with Gasteiger partial charge in [-0.25, -0.2) is 4.39 Å². The smallest absolute Gasteiger partial charge is 0.396 e. The third-order valence-corrected chi connectivity index (χ3v) is 2.61. The molecule has 17 heavy (non-hydrogen) atoms. The van der Waals surface area contributed by atoms with Gasteiger partial charge in [0.15, 0.2) is 0 Å². The average molecular weight is 251 g/mol. The van der Waals surface area contributed by atoms with Crippen LogP contribution >= 0.6 is 0 Å². The first-order chi connectivity index (χ1) is 7.89. The molecule has 1 aromatic rings. The lowest BCUT2D eigenvalue weighted by atomic mass is 10.0. The fourth-order valence-corrected chi connectivity index (χ4v) is 1.60. The second-order valence-electron chi connectivity index (χ2n) is 3.81. The van der Waals surface area contributed by atoms with Gasteiger partial charge in [-0.15, -0.1) is 0 Å². The Morgan fingerprint density at radius 3 is 2.53 bits per heavy atom. The minimum absolute atomic E-state index is 0.113. The van der Waals surface area contributed by atoms with Crippen LogP contribution in [-0.2, 0) is 16.5 Å². The van der Waals surface area contributed by atoms with Crippen molar-refractivity contribution in [1.29, 1.82) is 0 Å². The molecule has 1 N–H and O–H groups in total. The average Bonchev–Trinajstić information content (AvgIpc) is 2.97. The van der Waals surface area contributed by atoms with Gasteiger partial charge in [-0.05, 0) is 6.07 Å². The summed E-state index contributed by atoms with van der Waals surface area (Å²) in [5, 5.41) is 8.77. The quantitative estimate of drug-likeness (QED) is 0.658. The fourth-order valence-electron chi connectivity index (χ4n) is 1.60. The van der Waals surface area contributed by atoms with Gasteiger partial charge >= 0.3 is 6.18 Å². The summed E-state index contributed by atoms with van der Waals surface area (Å²) in [5.41, 5.74) is -2.37. The summed E-state index contributed by atoms with van der Waals surface area (Å²) in [5.74, 6) is -1.06. The van der Waals surface area contributed by atoms with Crippen LogP contribution in [0.15, 0.2) is 12.3 Å². The molecule has 0 aromatic carbocycles. The van der Waals surface area contributed by atoms with Crippen LogP contribution < -0.4 is 0 Å². The molecule has 2 heterocycles. The largest absolute Gasteiger partial charge is 0.417 e. The van der Waals surface area contributed by atoms with Crippen molar-refractivity contribution >= 4 is 0 Å². The van der Waals surface area contributed by atoms with Crippen molar-refractivity contribution in [3.63, 3.8) is 0 Å². The van der Waals surface area contributed by atoms with Gasteiger partial charge in [-0.2, -0.15) is 13.2 Å². The molecule has 1 aliphatic heterocycles. The monoisotopic (exact) mass is 251 g/mol.